The fourth-order valence-electron chi connectivity index (χ4n) is 3.02. The smallest absolute Gasteiger partial charge is 0.0621 e. The van der Waals surface area contributed by atoms with Gasteiger partial charge in [-0.15, -0.1) is 0 Å². The standard InChI is InChI=1S/C15H23ClN2/c1-2-12-4-3-7-15(17,8-5-12)10-13-6-9-18-11-14(13)16/h6,9,11-12H,2-5,7-8,10,17H2,1H3. The quantitative estimate of drug-likeness (QED) is 0.841. The third-order valence-electron chi connectivity index (χ3n) is 4.31. The van der Waals surface area contributed by atoms with Crippen LogP contribution in [0.25, 0.3) is 0 Å². The van der Waals surface area contributed by atoms with Crippen molar-refractivity contribution in [3.63, 3.8) is 0 Å². The van der Waals surface area contributed by atoms with Crippen LogP contribution >= 0.6 is 11.6 Å². The molecule has 2 rings (SSSR count). The summed E-state index contributed by atoms with van der Waals surface area (Å²) in [5.41, 5.74) is 7.67. The molecule has 3 heteroatoms. The van der Waals surface area contributed by atoms with Crippen molar-refractivity contribution in [3.8, 4) is 0 Å². The maximum atomic E-state index is 6.60. The van der Waals surface area contributed by atoms with Crippen molar-refractivity contribution in [3.05, 3.63) is 29.0 Å². The Morgan fingerprint density at radius 1 is 1.44 bits per heavy atom. The Hall–Kier alpha value is -0.600. The molecule has 1 aliphatic carbocycles. The van der Waals surface area contributed by atoms with Gasteiger partial charge < -0.3 is 5.73 Å². The van der Waals surface area contributed by atoms with Crippen molar-refractivity contribution in [1.82, 2.24) is 4.98 Å². The third kappa shape index (κ3) is 3.46. The van der Waals surface area contributed by atoms with Crippen molar-refractivity contribution in [2.75, 3.05) is 0 Å². The van der Waals surface area contributed by atoms with Crippen LogP contribution < -0.4 is 5.73 Å². The summed E-state index contributed by atoms with van der Waals surface area (Å²) in [6.45, 7) is 2.29. The lowest BCUT2D eigenvalue weighted by molar-refractivity contribution is 0.358. The molecule has 0 aliphatic heterocycles. The van der Waals surface area contributed by atoms with Gasteiger partial charge in [0.15, 0.2) is 0 Å². The summed E-state index contributed by atoms with van der Waals surface area (Å²) in [4.78, 5) is 4.03. The highest BCUT2D eigenvalue weighted by Crippen LogP contribution is 2.33. The van der Waals surface area contributed by atoms with Crippen LogP contribution in [-0.2, 0) is 6.42 Å². The summed E-state index contributed by atoms with van der Waals surface area (Å²) < 4.78 is 0. The van der Waals surface area contributed by atoms with Gasteiger partial charge in [0.05, 0.1) is 5.02 Å². The highest BCUT2D eigenvalue weighted by Gasteiger charge is 2.29. The molecule has 0 amide bonds. The normalized spacial score (nSPS) is 28.9. The van der Waals surface area contributed by atoms with Gasteiger partial charge in [-0.25, -0.2) is 0 Å². The van der Waals surface area contributed by atoms with Crippen LogP contribution in [0.2, 0.25) is 5.02 Å². The van der Waals surface area contributed by atoms with E-state index in [1.807, 2.05) is 6.07 Å². The number of aromatic nitrogens is 1. The zero-order valence-corrected chi connectivity index (χ0v) is 11.9. The van der Waals surface area contributed by atoms with Crippen molar-refractivity contribution < 1.29 is 0 Å². The van der Waals surface area contributed by atoms with Crippen LogP contribution in [0.15, 0.2) is 18.5 Å². The summed E-state index contributed by atoms with van der Waals surface area (Å²) in [5, 5.41) is 0.749. The molecule has 1 heterocycles. The minimum atomic E-state index is -0.0745. The van der Waals surface area contributed by atoms with Gasteiger partial charge in [-0.05, 0) is 43.2 Å². The molecule has 0 bridgehead atoms. The molecule has 1 saturated carbocycles. The molecule has 1 aliphatic rings. The molecular weight excluding hydrogens is 244 g/mol. The second-order valence-corrected chi connectivity index (χ2v) is 6.12. The minimum absolute atomic E-state index is 0.0745. The zero-order valence-electron chi connectivity index (χ0n) is 11.2. The van der Waals surface area contributed by atoms with Gasteiger partial charge >= 0.3 is 0 Å². The summed E-state index contributed by atoms with van der Waals surface area (Å²) >= 11 is 6.18. The second-order valence-electron chi connectivity index (χ2n) is 5.71. The lowest BCUT2D eigenvalue weighted by Crippen LogP contribution is -2.41. The number of halogens is 1. The van der Waals surface area contributed by atoms with Gasteiger partial charge in [0.1, 0.15) is 0 Å². The Morgan fingerprint density at radius 3 is 3.00 bits per heavy atom. The summed E-state index contributed by atoms with van der Waals surface area (Å²) in [6.07, 6.45) is 11.7. The van der Waals surface area contributed by atoms with E-state index in [0.29, 0.717) is 0 Å². The van der Waals surface area contributed by atoms with Crippen LogP contribution in [-0.4, -0.2) is 10.5 Å². The van der Waals surface area contributed by atoms with Gasteiger partial charge in [-0.3, -0.25) is 4.98 Å². The molecule has 0 radical (unpaired) electrons. The highest BCUT2D eigenvalue weighted by molar-refractivity contribution is 6.31. The minimum Gasteiger partial charge on any atom is -0.325 e. The van der Waals surface area contributed by atoms with Crippen molar-refractivity contribution in [2.24, 2.45) is 11.7 Å². The van der Waals surface area contributed by atoms with E-state index in [-0.39, 0.29) is 5.54 Å². The molecule has 2 atom stereocenters. The third-order valence-corrected chi connectivity index (χ3v) is 4.65. The average molecular weight is 267 g/mol. The van der Waals surface area contributed by atoms with E-state index in [2.05, 4.69) is 11.9 Å². The predicted octanol–water partition coefficient (Wildman–Crippen LogP) is 3.97. The van der Waals surface area contributed by atoms with Gasteiger partial charge in [-0.2, -0.15) is 0 Å². The predicted molar refractivity (Wildman–Crippen MR) is 76.7 cm³/mol. The average Bonchev–Trinajstić information content (AvgIpc) is 2.54. The number of rotatable bonds is 3. The Balaban J connectivity index is 2.05. The molecule has 18 heavy (non-hydrogen) atoms. The Labute approximate surface area is 115 Å². The number of pyridine rings is 1. The van der Waals surface area contributed by atoms with E-state index in [9.17, 15) is 0 Å². The molecule has 1 fully saturated rings. The largest absolute Gasteiger partial charge is 0.325 e. The summed E-state index contributed by atoms with van der Waals surface area (Å²) in [5.74, 6) is 0.864. The first-order valence-corrected chi connectivity index (χ1v) is 7.38. The highest BCUT2D eigenvalue weighted by atomic mass is 35.5. The van der Waals surface area contributed by atoms with E-state index in [4.69, 9.17) is 17.3 Å². The monoisotopic (exact) mass is 266 g/mol. The zero-order chi connectivity index (χ0) is 13.0. The maximum Gasteiger partial charge on any atom is 0.0621 e. The Kier molecular flexibility index (Phi) is 4.63. The maximum absolute atomic E-state index is 6.60. The first kappa shape index (κ1) is 13.8. The van der Waals surface area contributed by atoms with E-state index in [0.717, 1.165) is 35.8 Å². The summed E-state index contributed by atoms with van der Waals surface area (Å²) in [7, 11) is 0. The van der Waals surface area contributed by atoms with Crippen LogP contribution in [0.3, 0.4) is 0 Å². The van der Waals surface area contributed by atoms with Crippen LogP contribution in [0.4, 0.5) is 0 Å². The molecule has 1 aromatic heterocycles. The molecule has 100 valence electrons. The van der Waals surface area contributed by atoms with Gasteiger partial charge in [0.2, 0.25) is 0 Å². The molecule has 0 spiro atoms. The Bertz CT molecular complexity index is 394. The lowest BCUT2D eigenvalue weighted by Gasteiger charge is -2.28. The summed E-state index contributed by atoms with van der Waals surface area (Å²) in [6, 6.07) is 2.00. The molecule has 1 aromatic rings. The van der Waals surface area contributed by atoms with Crippen molar-refractivity contribution >= 4 is 11.6 Å². The first-order valence-electron chi connectivity index (χ1n) is 7.00. The molecule has 2 N–H and O–H groups in total. The molecule has 0 saturated heterocycles. The second kappa shape index (κ2) is 6.03. The number of nitrogens with zero attached hydrogens (tertiary/aromatic N) is 1. The van der Waals surface area contributed by atoms with E-state index in [1.54, 1.807) is 12.4 Å². The van der Waals surface area contributed by atoms with Crippen molar-refractivity contribution in [2.45, 2.75) is 57.4 Å². The molecule has 0 aromatic carbocycles. The number of hydrogen-bond donors (Lipinski definition) is 1. The van der Waals surface area contributed by atoms with Gasteiger partial charge in [0.25, 0.3) is 0 Å². The van der Waals surface area contributed by atoms with E-state index >= 15 is 0 Å². The lowest BCUT2D eigenvalue weighted by atomic mass is 9.84. The number of nitrogens with two attached hydrogens (primary N) is 1. The van der Waals surface area contributed by atoms with Crippen molar-refractivity contribution in [1.29, 1.82) is 0 Å². The van der Waals surface area contributed by atoms with Gasteiger partial charge in [0, 0.05) is 17.9 Å². The van der Waals surface area contributed by atoms with Crippen LogP contribution in [0.1, 0.15) is 51.0 Å². The van der Waals surface area contributed by atoms with Gasteiger partial charge in [-0.1, -0.05) is 37.8 Å². The van der Waals surface area contributed by atoms with Crippen LogP contribution in [0, 0.1) is 5.92 Å². The van der Waals surface area contributed by atoms with E-state index < -0.39 is 0 Å². The molecule has 2 nitrogen and oxygen atoms in total. The SMILES string of the molecule is CCC1CCCC(N)(Cc2ccncc2Cl)CC1. The first-order chi connectivity index (χ1) is 8.63. The molecule has 2 unspecified atom stereocenters. The Morgan fingerprint density at radius 2 is 2.28 bits per heavy atom. The topological polar surface area (TPSA) is 38.9 Å². The fraction of sp³-hybridized carbons (Fsp3) is 0.667. The van der Waals surface area contributed by atoms with E-state index in [1.165, 1.54) is 25.7 Å². The fourth-order valence-corrected chi connectivity index (χ4v) is 3.20. The van der Waals surface area contributed by atoms with Crippen LogP contribution in [0.5, 0.6) is 0 Å². The molecular formula is C15H23ClN2. The number of hydrogen-bond acceptors (Lipinski definition) is 2.